The lowest BCUT2D eigenvalue weighted by molar-refractivity contribution is -0.143. The molecule has 2 aliphatic heterocycles. The lowest BCUT2D eigenvalue weighted by Crippen LogP contribution is -2.55. The van der Waals surface area contributed by atoms with E-state index >= 15 is 0 Å². The van der Waals surface area contributed by atoms with Gasteiger partial charge in [-0.2, -0.15) is 0 Å². The number of hydrogen-bond donors (Lipinski definition) is 0. The van der Waals surface area contributed by atoms with Gasteiger partial charge in [0.1, 0.15) is 5.75 Å². The van der Waals surface area contributed by atoms with Gasteiger partial charge >= 0.3 is 0 Å². The molecule has 4 unspecified atom stereocenters. The fourth-order valence-corrected chi connectivity index (χ4v) is 8.64. The summed E-state index contributed by atoms with van der Waals surface area (Å²) in [6, 6.07) is 18.0. The molecule has 1 spiro atoms. The molecule has 2 aromatic carbocycles. The lowest BCUT2D eigenvalue weighted by atomic mass is 9.63. The van der Waals surface area contributed by atoms with E-state index in [-0.39, 0.29) is 11.3 Å². The molecular weight excluding hydrogens is 456 g/mol. The maximum Gasteiger partial charge on any atom is 0.228 e. The maximum absolute atomic E-state index is 14.7. The Labute approximate surface area is 223 Å². The van der Waals surface area contributed by atoms with Crippen LogP contribution in [0.5, 0.6) is 5.75 Å². The van der Waals surface area contributed by atoms with Gasteiger partial charge in [-0.25, -0.2) is 0 Å². The Hall–Kier alpha value is -2.33. The lowest BCUT2D eigenvalue weighted by Gasteiger charge is -2.48. The Morgan fingerprint density at radius 2 is 1.78 bits per heavy atom. The van der Waals surface area contributed by atoms with E-state index in [1.54, 1.807) is 7.11 Å². The van der Waals surface area contributed by atoms with Gasteiger partial charge in [0.05, 0.1) is 13.0 Å². The first-order chi connectivity index (χ1) is 18.1. The SMILES string of the molecule is COc1cccc2c1CCCC21CN(C)CC1C(=O)N1CCC(c2ccccc2)CC1C1CCCCC1. The van der Waals surface area contributed by atoms with Crippen LogP contribution in [0.1, 0.15) is 80.4 Å². The largest absolute Gasteiger partial charge is 0.496 e. The standard InChI is InChI=1S/C33H44N2O2/c1-34-22-29(33(23-34)19-10-15-27-28(33)16-9-17-31(27)37-2)32(36)35-20-18-26(24-11-5-3-6-12-24)21-30(35)25-13-7-4-8-14-25/h3,5-6,9,11-12,16-17,25-26,29-30H,4,7-8,10,13-15,18-23H2,1-2H3. The van der Waals surface area contributed by atoms with E-state index in [4.69, 9.17) is 4.74 Å². The second kappa shape index (κ2) is 10.4. The predicted octanol–water partition coefficient (Wildman–Crippen LogP) is 6.19. The molecule has 2 heterocycles. The molecule has 2 saturated heterocycles. The van der Waals surface area contributed by atoms with Gasteiger partial charge in [0.25, 0.3) is 0 Å². The minimum atomic E-state index is -0.0959. The molecule has 2 aromatic rings. The number of benzene rings is 2. The van der Waals surface area contributed by atoms with Crippen LogP contribution in [0.15, 0.2) is 48.5 Å². The van der Waals surface area contributed by atoms with Crippen LogP contribution in [0.25, 0.3) is 0 Å². The van der Waals surface area contributed by atoms with E-state index in [1.165, 1.54) is 48.8 Å². The molecule has 6 rings (SSSR count). The van der Waals surface area contributed by atoms with Gasteiger partial charge in [-0.05, 0) is 86.6 Å². The van der Waals surface area contributed by atoms with Crippen molar-refractivity contribution in [1.82, 2.24) is 9.80 Å². The van der Waals surface area contributed by atoms with Crippen LogP contribution >= 0.6 is 0 Å². The predicted molar refractivity (Wildman–Crippen MR) is 149 cm³/mol. The van der Waals surface area contributed by atoms with Gasteiger partial charge in [-0.15, -0.1) is 0 Å². The minimum Gasteiger partial charge on any atom is -0.496 e. The van der Waals surface area contributed by atoms with Crippen LogP contribution in [-0.4, -0.2) is 55.5 Å². The summed E-state index contributed by atoms with van der Waals surface area (Å²) in [7, 11) is 4.00. The third kappa shape index (κ3) is 4.50. The highest BCUT2D eigenvalue weighted by atomic mass is 16.5. The van der Waals surface area contributed by atoms with Crippen molar-refractivity contribution in [2.75, 3.05) is 33.8 Å². The first kappa shape index (κ1) is 25.0. The highest BCUT2D eigenvalue weighted by Crippen LogP contribution is 2.50. The molecular formula is C33H44N2O2. The Morgan fingerprint density at radius 1 is 0.973 bits per heavy atom. The topological polar surface area (TPSA) is 32.8 Å². The summed E-state index contributed by atoms with van der Waals surface area (Å²) in [5.74, 6) is 2.68. The maximum atomic E-state index is 14.7. The van der Waals surface area contributed by atoms with Crippen molar-refractivity contribution in [3.8, 4) is 5.75 Å². The number of ether oxygens (including phenoxy) is 1. The molecule has 1 amide bonds. The highest BCUT2D eigenvalue weighted by Gasteiger charge is 2.54. The number of amides is 1. The first-order valence-electron chi connectivity index (χ1n) is 14.8. The first-order valence-corrected chi connectivity index (χ1v) is 14.8. The van der Waals surface area contributed by atoms with Gasteiger partial charge in [0, 0.05) is 31.1 Å². The van der Waals surface area contributed by atoms with E-state index in [0.29, 0.717) is 23.8 Å². The normalized spacial score (nSPS) is 30.9. The van der Waals surface area contributed by atoms with E-state index < -0.39 is 0 Å². The Morgan fingerprint density at radius 3 is 2.57 bits per heavy atom. The van der Waals surface area contributed by atoms with Gasteiger partial charge in [-0.1, -0.05) is 61.7 Å². The molecule has 4 aliphatic rings. The summed E-state index contributed by atoms with van der Waals surface area (Å²) in [6.07, 6.45) is 12.1. The molecule has 4 heteroatoms. The van der Waals surface area contributed by atoms with E-state index in [9.17, 15) is 4.79 Å². The number of rotatable bonds is 4. The van der Waals surface area contributed by atoms with Crippen LogP contribution in [0.3, 0.4) is 0 Å². The molecule has 3 fully saturated rings. The van der Waals surface area contributed by atoms with Crippen molar-refractivity contribution in [3.05, 3.63) is 65.2 Å². The zero-order valence-corrected chi connectivity index (χ0v) is 22.8. The van der Waals surface area contributed by atoms with E-state index in [2.05, 4.69) is 65.4 Å². The van der Waals surface area contributed by atoms with Crippen LogP contribution in [0.2, 0.25) is 0 Å². The molecule has 0 aromatic heterocycles. The number of hydrogen-bond acceptors (Lipinski definition) is 3. The fraction of sp³-hybridized carbons (Fsp3) is 0.606. The van der Waals surface area contributed by atoms with Crippen LogP contribution in [0, 0.1) is 11.8 Å². The molecule has 0 bridgehead atoms. The van der Waals surface area contributed by atoms with Crippen LogP contribution in [-0.2, 0) is 16.6 Å². The number of carbonyl (C=O) groups excluding carboxylic acids is 1. The van der Waals surface area contributed by atoms with Gasteiger partial charge < -0.3 is 14.5 Å². The van der Waals surface area contributed by atoms with Crippen molar-refractivity contribution in [3.63, 3.8) is 0 Å². The number of fused-ring (bicyclic) bond motifs is 2. The van der Waals surface area contributed by atoms with Crippen molar-refractivity contribution in [2.45, 2.75) is 81.6 Å². The monoisotopic (exact) mass is 500 g/mol. The van der Waals surface area contributed by atoms with E-state index in [0.717, 1.165) is 57.5 Å². The second-order valence-electron chi connectivity index (χ2n) is 12.4. The Bertz CT molecular complexity index is 1090. The molecule has 198 valence electrons. The molecule has 0 radical (unpaired) electrons. The molecule has 4 nitrogen and oxygen atoms in total. The summed E-state index contributed by atoms with van der Waals surface area (Å²) in [4.78, 5) is 19.6. The smallest absolute Gasteiger partial charge is 0.228 e. The third-order valence-corrected chi connectivity index (χ3v) is 10.3. The number of nitrogens with zero attached hydrogens (tertiary/aromatic N) is 2. The highest BCUT2D eigenvalue weighted by molar-refractivity contribution is 5.82. The molecule has 2 aliphatic carbocycles. The van der Waals surface area contributed by atoms with Crippen LogP contribution < -0.4 is 4.74 Å². The zero-order chi connectivity index (χ0) is 25.4. The second-order valence-corrected chi connectivity index (χ2v) is 12.4. The summed E-state index contributed by atoms with van der Waals surface area (Å²) >= 11 is 0. The van der Waals surface area contributed by atoms with Crippen molar-refractivity contribution in [1.29, 1.82) is 0 Å². The Balaban J connectivity index is 1.33. The number of methoxy groups -OCH3 is 1. The summed E-state index contributed by atoms with van der Waals surface area (Å²) in [6.45, 7) is 2.74. The van der Waals surface area contributed by atoms with Gasteiger partial charge in [0.2, 0.25) is 5.91 Å². The number of piperidine rings is 1. The summed E-state index contributed by atoms with van der Waals surface area (Å²) < 4.78 is 5.80. The van der Waals surface area contributed by atoms with Crippen molar-refractivity contribution < 1.29 is 9.53 Å². The van der Waals surface area contributed by atoms with E-state index in [1.807, 2.05) is 0 Å². The van der Waals surface area contributed by atoms with Crippen molar-refractivity contribution >= 4 is 5.91 Å². The number of likely N-dealkylation sites (tertiary alicyclic amines) is 2. The molecule has 4 atom stereocenters. The fourth-order valence-electron chi connectivity index (χ4n) is 8.64. The van der Waals surface area contributed by atoms with Crippen LogP contribution in [0.4, 0.5) is 0 Å². The van der Waals surface area contributed by atoms with Gasteiger partial charge in [-0.3, -0.25) is 4.79 Å². The van der Waals surface area contributed by atoms with Crippen molar-refractivity contribution in [2.24, 2.45) is 11.8 Å². The summed E-state index contributed by atoms with van der Waals surface area (Å²) in [5, 5.41) is 0. The van der Waals surface area contributed by atoms with Gasteiger partial charge in [0.15, 0.2) is 0 Å². The average Bonchev–Trinajstić information content (AvgIpc) is 3.29. The third-order valence-electron chi connectivity index (χ3n) is 10.3. The Kier molecular flexibility index (Phi) is 7.05. The number of carbonyl (C=O) groups is 1. The molecule has 0 N–H and O–H groups in total. The quantitative estimate of drug-likeness (QED) is 0.502. The zero-order valence-electron chi connectivity index (χ0n) is 22.8. The average molecular weight is 501 g/mol. The molecule has 1 saturated carbocycles. The number of likely N-dealkylation sites (N-methyl/N-ethyl adjacent to an activating group) is 1. The molecule has 37 heavy (non-hydrogen) atoms. The summed E-state index contributed by atoms with van der Waals surface area (Å²) in [5.41, 5.74) is 4.09. The minimum absolute atomic E-state index is 0.0306.